The van der Waals surface area contributed by atoms with E-state index in [1.54, 1.807) is 36.4 Å². The number of aromatic nitrogens is 3. The largest absolute Gasteiger partial charge is 0.381 e. The monoisotopic (exact) mass is 728 g/mol. The van der Waals surface area contributed by atoms with Crippen molar-refractivity contribution in [3.8, 4) is 11.1 Å². The number of nitrogens with one attached hydrogen (secondary N) is 4. The second-order valence-corrected chi connectivity index (χ2v) is 13.6. The van der Waals surface area contributed by atoms with Gasteiger partial charge < -0.3 is 30.9 Å². The smallest absolute Gasteiger partial charge is 0.220 e. The van der Waals surface area contributed by atoms with E-state index in [1.807, 2.05) is 24.7 Å². The van der Waals surface area contributed by atoms with Crippen molar-refractivity contribution < 1.29 is 23.5 Å². The molecule has 0 bridgehead atoms. The van der Waals surface area contributed by atoms with Gasteiger partial charge in [-0.1, -0.05) is 31.2 Å². The maximum atomic E-state index is 14.5. The number of aryl methyl sites for hydroxylation is 2. The SMILES string of the molecule is CCc1nc2c(cnn2CC)c(NC2CCOCC2)c1CNC(=O)CCC(=O)NCc1ccc(F)c(-c2cccc(C=O)c2)c1.C[C@H]1CNCCN1C. The fourth-order valence-corrected chi connectivity index (χ4v) is 6.52. The number of fused-ring (bicyclic) bond motifs is 1. The Kier molecular flexibility index (Phi) is 14.4. The number of aldehydes is 1. The number of hydrogen-bond donors (Lipinski definition) is 4. The maximum absolute atomic E-state index is 14.5. The zero-order valence-corrected chi connectivity index (χ0v) is 31.3. The average Bonchev–Trinajstić information content (AvgIpc) is 3.61. The van der Waals surface area contributed by atoms with Crippen molar-refractivity contribution in [3.63, 3.8) is 0 Å². The summed E-state index contributed by atoms with van der Waals surface area (Å²) in [6.07, 6.45) is 5.04. The molecule has 2 amide bonds. The van der Waals surface area contributed by atoms with Gasteiger partial charge in [0.25, 0.3) is 0 Å². The van der Waals surface area contributed by atoms with Gasteiger partial charge in [0, 0.05) is 99.8 Å². The minimum Gasteiger partial charge on any atom is -0.381 e. The van der Waals surface area contributed by atoms with E-state index in [0.717, 1.165) is 60.0 Å². The van der Waals surface area contributed by atoms with Crippen LogP contribution in [-0.2, 0) is 40.4 Å². The number of hydrogen-bond acceptors (Lipinski definition) is 9. The second-order valence-electron chi connectivity index (χ2n) is 13.6. The van der Waals surface area contributed by atoms with E-state index < -0.39 is 5.82 Å². The number of piperazine rings is 1. The molecule has 0 unspecified atom stereocenters. The number of ether oxygens (including phenoxy) is 1. The molecule has 284 valence electrons. The molecular formula is C40H53FN8O4. The van der Waals surface area contributed by atoms with Crippen LogP contribution < -0.4 is 21.3 Å². The first-order chi connectivity index (χ1) is 25.7. The third kappa shape index (κ3) is 10.7. The molecule has 0 spiro atoms. The van der Waals surface area contributed by atoms with Crippen LogP contribution in [0.5, 0.6) is 0 Å². The molecule has 0 aliphatic carbocycles. The molecule has 2 aliphatic heterocycles. The van der Waals surface area contributed by atoms with Crippen molar-refractivity contribution in [2.75, 3.05) is 45.2 Å². The van der Waals surface area contributed by atoms with Gasteiger partial charge >= 0.3 is 0 Å². The van der Waals surface area contributed by atoms with Gasteiger partial charge in [-0.2, -0.15) is 5.10 Å². The van der Waals surface area contributed by atoms with Crippen LogP contribution in [0.3, 0.4) is 0 Å². The minimum absolute atomic E-state index is 0.00956. The lowest BCUT2D eigenvalue weighted by Gasteiger charge is -2.29. The number of benzene rings is 2. The highest BCUT2D eigenvalue weighted by Gasteiger charge is 2.22. The van der Waals surface area contributed by atoms with Crippen molar-refractivity contribution in [2.45, 2.75) is 84.6 Å². The van der Waals surface area contributed by atoms with Crippen molar-refractivity contribution in [2.24, 2.45) is 0 Å². The Balaban J connectivity index is 0.000000599. The topological polar surface area (TPSA) is 143 Å². The third-order valence-corrected chi connectivity index (χ3v) is 9.91. The van der Waals surface area contributed by atoms with Crippen molar-refractivity contribution in [1.29, 1.82) is 0 Å². The summed E-state index contributed by atoms with van der Waals surface area (Å²) >= 11 is 0. The first kappa shape index (κ1) is 39.5. The normalized spacial score (nSPS) is 16.4. The van der Waals surface area contributed by atoms with Gasteiger partial charge in [0.15, 0.2) is 5.65 Å². The Morgan fingerprint density at radius 3 is 2.47 bits per heavy atom. The van der Waals surface area contributed by atoms with Crippen molar-refractivity contribution >= 4 is 34.8 Å². The summed E-state index contributed by atoms with van der Waals surface area (Å²) in [6.45, 7) is 12.4. The summed E-state index contributed by atoms with van der Waals surface area (Å²) in [7, 11) is 2.17. The van der Waals surface area contributed by atoms with Gasteiger partial charge in [-0.3, -0.25) is 14.4 Å². The molecule has 2 aliphatic rings. The Morgan fingerprint density at radius 1 is 1.06 bits per heavy atom. The Bertz CT molecular complexity index is 1850. The van der Waals surface area contributed by atoms with E-state index in [-0.39, 0.29) is 43.8 Å². The van der Waals surface area contributed by atoms with Crippen molar-refractivity contribution in [1.82, 2.24) is 35.6 Å². The Labute approximate surface area is 311 Å². The molecule has 0 saturated carbocycles. The van der Waals surface area contributed by atoms with E-state index >= 15 is 0 Å². The Morgan fingerprint density at radius 2 is 1.81 bits per heavy atom. The molecule has 53 heavy (non-hydrogen) atoms. The number of likely N-dealkylation sites (N-methyl/N-ethyl adjacent to an activating group) is 1. The molecule has 2 aromatic carbocycles. The van der Waals surface area contributed by atoms with Gasteiger partial charge in [0.05, 0.1) is 17.3 Å². The van der Waals surface area contributed by atoms with Gasteiger partial charge in [-0.15, -0.1) is 0 Å². The van der Waals surface area contributed by atoms with Crippen LogP contribution in [0, 0.1) is 5.82 Å². The summed E-state index contributed by atoms with van der Waals surface area (Å²) in [5.41, 5.74) is 5.65. The number of carbonyl (C=O) groups excluding carboxylic acids is 3. The Hall–Kier alpha value is -4.72. The van der Waals surface area contributed by atoms with Gasteiger partial charge in [-0.25, -0.2) is 14.1 Å². The van der Waals surface area contributed by atoms with Crippen LogP contribution in [0.2, 0.25) is 0 Å². The van der Waals surface area contributed by atoms with Crippen LogP contribution >= 0.6 is 0 Å². The van der Waals surface area contributed by atoms with E-state index in [0.29, 0.717) is 54.7 Å². The summed E-state index contributed by atoms with van der Waals surface area (Å²) in [5, 5.41) is 18.3. The van der Waals surface area contributed by atoms with Crippen LogP contribution in [0.4, 0.5) is 10.1 Å². The molecule has 1 atom stereocenters. The highest BCUT2D eigenvalue weighted by atomic mass is 19.1. The highest BCUT2D eigenvalue weighted by Crippen LogP contribution is 2.31. The number of pyridine rings is 1. The fraction of sp³-hybridized carbons (Fsp3) is 0.475. The maximum Gasteiger partial charge on any atom is 0.220 e. The summed E-state index contributed by atoms with van der Waals surface area (Å²) in [6, 6.07) is 12.3. The number of rotatable bonds is 13. The molecule has 2 saturated heterocycles. The van der Waals surface area contributed by atoms with Crippen LogP contribution in [0.1, 0.15) is 73.6 Å². The van der Waals surface area contributed by atoms with Gasteiger partial charge in [0.1, 0.15) is 12.1 Å². The van der Waals surface area contributed by atoms with Crippen LogP contribution in [-0.4, -0.2) is 89.7 Å². The molecule has 4 heterocycles. The van der Waals surface area contributed by atoms with Crippen LogP contribution in [0.25, 0.3) is 22.2 Å². The molecule has 13 heteroatoms. The number of amides is 2. The van der Waals surface area contributed by atoms with E-state index in [9.17, 15) is 18.8 Å². The number of halogens is 1. The van der Waals surface area contributed by atoms with Crippen LogP contribution in [0.15, 0.2) is 48.7 Å². The first-order valence-corrected chi connectivity index (χ1v) is 18.7. The molecule has 4 N–H and O–H groups in total. The average molecular weight is 729 g/mol. The highest BCUT2D eigenvalue weighted by molar-refractivity contribution is 5.92. The molecule has 2 fully saturated rings. The summed E-state index contributed by atoms with van der Waals surface area (Å²) in [5.74, 6) is -0.950. The number of nitrogens with zero attached hydrogens (tertiary/aromatic N) is 4. The summed E-state index contributed by atoms with van der Waals surface area (Å²) < 4.78 is 22.0. The number of carbonyl (C=O) groups is 3. The van der Waals surface area contributed by atoms with Crippen molar-refractivity contribution in [3.05, 3.63) is 76.9 Å². The number of anilines is 1. The minimum atomic E-state index is -0.421. The molecule has 2 aromatic heterocycles. The zero-order valence-electron chi connectivity index (χ0n) is 31.3. The lowest BCUT2D eigenvalue weighted by molar-refractivity contribution is -0.126. The van der Waals surface area contributed by atoms with Gasteiger partial charge in [-0.05, 0) is 69.5 Å². The molecule has 12 nitrogen and oxygen atoms in total. The molecular weight excluding hydrogens is 675 g/mol. The predicted molar refractivity (Wildman–Crippen MR) is 205 cm³/mol. The summed E-state index contributed by atoms with van der Waals surface area (Å²) in [4.78, 5) is 43.9. The fourth-order valence-electron chi connectivity index (χ4n) is 6.52. The first-order valence-electron chi connectivity index (χ1n) is 18.7. The molecule has 4 aromatic rings. The predicted octanol–water partition coefficient (Wildman–Crippen LogP) is 4.85. The lowest BCUT2D eigenvalue weighted by atomic mass is 10.0. The van der Waals surface area contributed by atoms with E-state index in [1.165, 1.54) is 12.6 Å². The second kappa shape index (κ2) is 19.4. The standard InChI is InChI=1S/C34H39FN6O4.C6H14N2/c1-3-30-27(33(39-25-12-14-45-15-13-25)28-20-38-41(4-2)34(28)40-30)19-37-32(44)11-10-31(43)36-18-22-8-9-29(35)26(17-22)24-7-5-6-23(16-24)21-42;1-6-5-7-3-4-8(6)2/h5-9,16-17,20-21,25H,3-4,10-15,18-19H2,1-2H3,(H,36,43)(H,37,44)(H,39,40);6-7H,3-5H2,1-2H3/t;6-/m.0/s1. The molecule has 0 radical (unpaired) electrons. The van der Waals surface area contributed by atoms with E-state index in [4.69, 9.17) is 9.72 Å². The molecule has 6 rings (SSSR count). The lowest BCUT2D eigenvalue weighted by Crippen LogP contribution is -2.47. The van der Waals surface area contributed by atoms with Gasteiger partial charge in [0.2, 0.25) is 11.8 Å². The quantitative estimate of drug-likeness (QED) is 0.142. The van der Waals surface area contributed by atoms with E-state index in [2.05, 4.69) is 45.2 Å². The third-order valence-electron chi connectivity index (χ3n) is 9.91. The zero-order chi connectivity index (χ0) is 37.7.